The van der Waals surface area contributed by atoms with Crippen LogP contribution in [0.3, 0.4) is 0 Å². The first-order valence-electron chi connectivity index (χ1n) is 21.9. The molecule has 0 aliphatic carbocycles. The zero-order valence-corrected chi connectivity index (χ0v) is 33.9. The minimum atomic E-state index is -0.759. The molecule has 0 aromatic heterocycles. The first-order chi connectivity index (χ1) is 24.4. The number of hydrogen-bond acceptors (Lipinski definition) is 6. The summed E-state index contributed by atoms with van der Waals surface area (Å²) in [4.78, 5) is 37.6. The molecule has 0 saturated heterocycles. The predicted octanol–water partition coefficient (Wildman–Crippen LogP) is 13.6. The van der Waals surface area contributed by atoms with E-state index in [0.29, 0.717) is 19.3 Å². The van der Waals surface area contributed by atoms with Crippen molar-refractivity contribution in [2.75, 3.05) is 13.2 Å². The standard InChI is InChI=1S/C44H84O6/c1-5-8-10-12-14-16-17-18-19-21-23-28-32-36-43(46)49-39-41(38-48-42(45)35-31-27-22-20-15-13-11-9-6-2)50-44(47)37-33-29-25-24-26-30-34-40(4)7-3/h40-41H,5-39H2,1-4H3/t40?,41-/m1/s1. The molecule has 0 aliphatic heterocycles. The maximum atomic E-state index is 12.6. The van der Waals surface area contributed by atoms with Crippen LogP contribution in [0, 0.1) is 5.92 Å². The molecule has 6 nitrogen and oxygen atoms in total. The SMILES string of the molecule is CCCCCCCCCCCCCCCC(=O)OC[C@@H](COC(=O)CCCCCCCCCCC)OC(=O)CCCCCCCCC(C)CC. The smallest absolute Gasteiger partial charge is 0.306 e. The lowest BCUT2D eigenvalue weighted by Crippen LogP contribution is -2.30. The van der Waals surface area contributed by atoms with Crippen molar-refractivity contribution < 1.29 is 28.6 Å². The van der Waals surface area contributed by atoms with Gasteiger partial charge in [0, 0.05) is 19.3 Å². The Kier molecular flexibility index (Phi) is 37.4. The van der Waals surface area contributed by atoms with Gasteiger partial charge < -0.3 is 14.2 Å². The summed E-state index contributed by atoms with van der Waals surface area (Å²) in [6.45, 7) is 8.94. The number of ether oxygens (including phenoxy) is 3. The second-order valence-electron chi connectivity index (χ2n) is 15.2. The molecular weight excluding hydrogens is 624 g/mol. The molecule has 0 saturated carbocycles. The van der Waals surface area contributed by atoms with Crippen LogP contribution in [0.25, 0.3) is 0 Å². The van der Waals surface area contributed by atoms with Crippen LogP contribution in [0.5, 0.6) is 0 Å². The molecule has 0 heterocycles. The molecule has 1 unspecified atom stereocenters. The van der Waals surface area contributed by atoms with Crippen LogP contribution in [0.2, 0.25) is 0 Å². The fourth-order valence-corrected chi connectivity index (χ4v) is 6.42. The number of unbranched alkanes of at least 4 members (excludes halogenated alkanes) is 25. The van der Waals surface area contributed by atoms with Crippen molar-refractivity contribution in [2.24, 2.45) is 5.92 Å². The molecule has 0 aliphatic rings. The minimum absolute atomic E-state index is 0.0650. The largest absolute Gasteiger partial charge is 0.462 e. The van der Waals surface area contributed by atoms with Crippen molar-refractivity contribution in [1.29, 1.82) is 0 Å². The summed E-state index contributed by atoms with van der Waals surface area (Å²) < 4.78 is 16.7. The molecule has 6 heteroatoms. The van der Waals surface area contributed by atoms with Gasteiger partial charge in [-0.1, -0.05) is 201 Å². The van der Waals surface area contributed by atoms with Gasteiger partial charge in [0.1, 0.15) is 13.2 Å². The van der Waals surface area contributed by atoms with E-state index in [4.69, 9.17) is 14.2 Å². The summed E-state index contributed by atoms with van der Waals surface area (Å²) in [6.07, 6.45) is 36.6. The first-order valence-corrected chi connectivity index (χ1v) is 21.9. The van der Waals surface area contributed by atoms with E-state index >= 15 is 0 Å². The van der Waals surface area contributed by atoms with Crippen molar-refractivity contribution >= 4 is 17.9 Å². The van der Waals surface area contributed by atoms with Crippen LogP contribution < -0.4 is 0 Å². The number of esters is 3. The molecule has 0 aromatic rings. The van der Waals surface area contributed by atoms with Crippen molar-refractivity contribution in [3.05, 3.63) is 0 Å². The lowest BCUT2D eigenvalue weighted by atomic mass is 10.00. The molecule has 0 amide bonds. The second-order valence-corrected chi connectivity index (χ2v) is 15.2. The zero-order valence-electron chi connectivity index (χ0n) is 33.9. The molecular formula is C44H84O6. The number of hydrogen-bond donors (Lipinski definition) is 0. The van der Waals surface area contributed by atoms with Crippen LogP contribution in [-0.4, -0.2) is 37.2 Å². The van der Waals surface area contributed by atoms with Gasteiger partial charge in [0.15, 0.2) is 6.10 Å². The first kappa shape index (κ1) is 48.4. The molecule has 0 rings (SSSR count). The molecule has 0 N–H and O–H groups in total. The van der Waals surface area contributed by atoms with Crippen LogP contribution in [0.1, 0.15) is 240 Å². The molecule has 0 aromatic carbocycles. The third-order valence-electron chi connectivity index (χ3n) is 10.2. The van der Waals surface area contributed by atoms with Crippen molar-refractivity contribution in [1.82, 2.24) is 0 Å². The Hall–Kier alpha value is -1.59. The minimum Gasteiger partial charge on any atom is -0.462 e. The quantitative estimate of drug-likeness (QED) is 0.0359. The summed E-state index contributed by atoms with van der Waals surface area (Å²) in [5.74, 6) is -0.0521. The molecule has 0 fully saturated rings. The fourth-order valence-electron chi connectivity index (χ4n) is 6.42. The highest BCUT2D eigenvalue weighted by molar-refractivity contribution is 5.71. The third kappa shape index (κ3) is 36.2. The average molecular weight is 709 g/mol. The third-order valence-corrected chi connectivity index (χ3v) is 10.2. The number of rotatable bonds is 39. The maximum Gasteiger partial charge on any atom is 0.306 e. The molecule has 2 atom stereocenters. The Labute approximate surface area is 310 Å². The average Bonchev–Trinajstić information content (AvgIpc) is 3.11. The van der Waals surface area contributed by atoms with E-state index < -0.39 is 6.10 Å². The van der Waals surface area contributed by atoms with Gasteiger partial charge in [-0.3, -0.25) is 14.4 Å². The molecule has 296 valence electrons. The Balaban J connectivity index is 4.32. The van der Waals surface area contributed by atoms with Gasteiger partial charge in [-0.25, -0.2) is 0 Å². The fraction of sp³-hybridized carbons (Fsp3) is 0.932. The van der Waals surface area contributed by atoms with E-state index in [9.17, 15) is 14.4 Å². The van der Waals surface area contributed by atoms with Crippen molar-refractivity contribution in [2.45, 2.75) is 246 Å². The monoisotopic (exact) mass is 709 g/mol. The van der Waals surface area contributed by atoms with Gasteiger partial charge in [0.25, 0.3) is 0 Å². The number of carbonyl (C=O) groups excluding carboxylic acids is 3. The van der Waals surface area contributed by atoms with E-state index in [1.807, 2.05) is 0 Å². The topological polar surface area (TPSA) is 78.9 Å². The van der Waals surface area contributed by atoms with Crippen molar-refractivity contribution in [3.8, 4) is 0 Å². The highest BCUT2D eigenvalue weighted by Gasteiger charge is 2.19. The maximum absolute atomic E-state index is 12.6. The summed E-state index contributed by atoms with van der Waals surface area (Å²) in [6, 6.07) is 0. The predicted molar refractivity (Wildman–Crippen MR) is 210 cm³/mol. The van der Waals surface area contributed by atoms with Crippen LogP contribution in [0.4, 0.5) is 0 Å². The summed E-state index contributed by atoms with van der Waals surface area (Å²) in [7, 11) is 0. The highest BCUT2D eigenvalue weighted by atomic mass is 16.6. The Morgan fingerprint density at radius 1 is 0.400 bits per heavy atom. The number of carbonyl (C=O) groups is 3. The highest BCUT2D eigenvalue weighted by Crippen LogP contribution is 2.16. The molecule has 0 radical (unpaired) electrons. The van der Waals surface area contributed by atoms with E-state index in [1.165, 1.54) is 135 Å². The van der Waals surface area contributed by atoms with E-state index in [1.54, 1.807) is 0 Å². The van der Waals surface area contributed by atoms with E-state index in [2.05, 4.69) is 27.7 Å². The summed E-state index contributed by atoms with van der Waals surface area (Å²) in [5.41, 5.74) is 0. The molecule has 0 spiro atoms. The van der Waals surface area contributed by atoms with Crippen LogP contribution in [0.15, 0.2) is 0 Å². The summed E-state index contributed by atoms with van der Waals surface area (Å²) in [5, 5.41) is 0. The van der Waals surface area contributed by atoms with E-state index in [0.717, 1.165) is 63.7 Å². The Morgan fingerprint density at radius 3 is 1.04 bits per heavy atom. The normalized spacial score (nSPS) is 12.5. The molecule has 0 bridgehead atoms. The lowest BCUT2D eigenvalue weighted by Gasteiger charge is -2.18. The van der Waals surface area contributed by atoms with Crippen LogP contribution >= 0.6 is 0 Å². The Bertz CT molecular complexity index is 753. The van der Waals surface area contributed by atoms with Gasteiger partial charge in [-0.05, 0) is 25.2 Å². The van der Waals surface area contributed by atoms with Gasteiger partial charge in [-0.15, -0.1) is 0 Å². The van der Waals surface area contributed by atoms with E-state index in [-0.39, 0.29) is 31.1 Å². The Morgan fingerprint density at radius 2 is 0.700 bits per heavy atom. The summed E-state index contributed by atoms with van der Waals surface area (Å²) >= 11 is 0. The molecule has 50 heavy (non-hydrogen) atoms. The van der Waals surface area contributed by atoms with Gasteiger partial charge in [0.2, 0.25) is 0 Å². The second kappa shape index (κ2) is 38.6. The van der Waals surface area contributed by atoms with Gasteiger partial charge >= 0.3 is 17.9 Å². The van der Waals surface area contributed by atoms with Gasteiger partial charge in [0.05, 0.1) is 0 Å². The van der Waals surface area contributed by atoms with Crippen LogP contribution in [-0.2, 0) is 28.6 Å². The lowest BCUT2D eigenvalue weighted by molar-refractivity contribution is -0.167. The van der Waals surface area contributed by atoms with Crippen molar-refractivity contribution in [3.63, 3.8) is 0 Å². The van der Waals surface area contributed by atoms with Gasteiger partial charge in [-0.2, -0.15) is 0 Å². The zero-order chi connectivity index (χ0) is 36.8.